The molecule has 0 unspecified atom stereocenters. The van der Waals surface area contributed by atoms with Crippen LogP contribution in [0.2, 0.25) is 0 Å². The number of aromatic amines is 1. The lowest BCUT2D eigenvalue weighted by Crippen LogP contribution is -2.24. The minimum Gasteiger partial charge on any atom is -0.454 e. The van der Waals surface area contributed by atoms with Crippen molar-refractivity contribution in [3.63, 3.8) is 0 Å². The third-order valence-electron chi connectivity index (χ3n) is 3.86. The molecular formula is C18H15N3O4S. The molecule has 1 amide bonds. The fourth-order valence-corrected chi connectivity index (χ4v) is 3.27. The molecule has 0 spiro atoms. The van der Waals surface area contributed by atoms with Gasteiger partial charge >= 0.3 is 0 Å². The largest absolute Gasteiger partial charge is 0.454 e. The van der Waals surface area contributed by atoms with E-state index in [0.717, 1.165) is 5.56 Å². The molecule has 4 rings (SSSR count). The maximum absolute atomic E-state index is 12.1. The number of hydrogen-bond donors (Lipinski definition) is 2. The Labute approximate surface area is 152 Å². The second-order valence-corrected chi connectivity index (χ2v) is 6.61. The molecule has 2 N–H and O–H groups in total. The van der Waals surface area contributed by atoms with Gasteiger partial charge < -0.3 is 19.8 Å². The summed E-state index contributed by atoms with van der Waals surface area (Å²) in [6.45, 7) is 0.608. The number of H-pyrrole nitrogens is 1. The number of rotatable bonds is 5. The first-order valence-corrected chi connectivity index (χ1v) is 8.95. The summed E-state index contributed by atoms with van der Waals surface area (Å²) in [6, 6.07) is 12.6. The highest BCUT2D eigenvalue weighted by Crippen LogP contribution is 2.32. The first kappa shape index (κ1) is 16.5. The number of benzene rings is 2. The van der Waals surface area contributed by atoms with Gasteiger partial charge in [0.25, 0.3) is 5.56 Å². The van der Waals surface area contributed by atoms with Crippen LogP contribution in [0.3, 0.4) is 0 Å². The molecule has 0 atom stereocenters. The summed E-state index contributed by atoms with van der Waals surface area (Å²) in [4.78, 5) is 31.1. The predicted octanol–water partition coefficient (Wildman–Crippen LogP) is 2.06. The van der Waals surface area contributed by atoms with E-state index in [0.29, 0.717) is 34.1 Å². The van der Waals surface area contributed by atoms with Crippen molar-refractivity contribution in [3.8, 4) is 11.5 Å². The Morgan fingerprint density at radius 3 is 2.96 bits per heavy atom. The summed E-state index contributed by atoms with van der Waals surface area (Å²) in [7, 11) is 0. The van der Waals surface area contributed by atoms with Crippen molar-refractivity contribution < 1.29 is 14.3 Å². The molecule has 0 aliphatic carbocycles. The van der Waals surface area contributed by atoms with Gasteiger partial charge in [0.1, 0.15) is 0 Å². The Balaban J connectivity index is 1.35. The molecule has 0 bridgehead atoms. The van der Waals surface area contributed by atoms with Crippen molar-refractivity contribution in [2.24, 2.45) is 0 Å². The standard InChI is InChI=1S/C18H15N3O4S/c22-16(19-8-11-5-6-14-15(7-11)25-10-24-14)9-26-18-20-13-4-2-1-3-12(13)17(23)21-18/h1-7H,8-10H2,(H,19,22)(H,20,21,23). The van der Waals surface area contributed by atoms with Crippen LogP contribution in [0.4, 0.5) is 0 Å². The number of thioether (sulfide) groups is 1. The molecule has 8 heteroatoms. The van der Waals surface area contributed by atoms with Crippen LogP contribution in [0.5, 0.6) is 11.5 Å². The Bertz CT molecular complexity index is 1030. The average Bonchev–Trinajstić information content (AvgIpc) is 3.12. The molecule has 2 aromatic carbocycles. The molecule has 0 radical (unpaired) electrons. The van der Waals surface area contributed by atoms with E-state index in [-0.39, 0.29) is 24.0 Å². The van der Waals surface area contributed by atoms with Gasteiger partial charge in [0.2, 0.25) is 12.7 Å². The van der Waals surface area contributed by atoms with Crippen molar-refractivity contribution in [1.29, 1.82) is 0 Å². The highest BCUT2D eigenvalue weighted by Gasteiger charge is 2.13. The van der Waals surface area contributed by atoms with E-state index >= 15 is 0 Å². The lowest BCUT2D eigenvalue weighted by atomic mass is 10.2. The first-order valence-electron chi connectivity index (χ1n) is 7.96. The number of para-hydroxylation sites is 1. The monoisotopic (exact) mass is 369 g/mol. The zero-order chi connectivity index (χ0) is 17.9. The number of nitrogens with one attached hydrogen (secondary N) is 2. The summed E-state index contributed by atoms with van der Waals surface area (Å²) in [5.41, 5.74) is 1.32. The smallest absolute Gasteiger partial charge is 0.259 e. The van der Waals surface area contributed by atoms with Crippen LogP contribution in [-0.2, 0) is 11.3 Å². The van der Waals surface area contributed by atoms with E-state index in [9.17, 15) is 9.59 Å². The molecule has 0 fully saturated rings. The molecule has 7 nitrogen and oxygen atoms in total. The van der Waals surface area contributed by atoms with Crippen molar-refractivity contribution in [3.05, 3.63) is 58.4 Å². The van der Waals surface area contributed by atoms with E-state index in [1.165, 1.54) is 11.8 Å². The molecule has 2 heterocycles. The third-order valence-corrected chi connectivity index (χ3v) is 4.73. The Hall–Kier alpha value is -3.00. The van der Waals surface area contributed by atoms with Crippen LogP contribution in [-0.4, -0.2) is 28.4 Å². The summed E-state index contributed by atoms with van der Waals surface area (Å²) in [5.74, 6) is 1.40. The van der Waals surface area contributed by atoms with Gasteiger partial charge in [0, 0.05) is 6.54 Å². The molecule has 1 aliphatic rings. The number of ether oxygens (including phenoxy) is 2. The molecule has 132 valence electrons. The number of carbonyl (C=O) groups is 1. The van der Waals surface area contributed by atoms with Crippen molar-refractivity contribution in [2.45, 2.75) is 11.7 Å². The quantitative estimate of drug-likeness (QED) is 0.528. The van der Waals surface area contributed by atoms with Crippen LogP contribution in [0.25, 0.3) is 10.9 Å². The summed E-state index contributed by atoms with van der Waals surface area (Å²) in [6.07, 6.45) is 0. The third kappa shape index (κ3) is 3.50. The Kier molecular flexibility index (Phi) is 4.49. The molecule has 26 heavy (non-hydrogen) atoms. The topological polar surface area (TPSA) is 93.3 Å². The van der Waals surface area contributed by atoms with Crippen LogP contribution >= 0.6 is 11.8 Å². The number of carbonyl (C=O) groups excluding carboxylic acids is 1. The van der Waals surface area contributed by atoms with E-state index in [1.807, 2.05) is 24.3 Å². The van der Waals surface area contributed by atoms with E-state index < -0.39 is 0 Å². The Morgan fingerprint density at radius 2 is 2.04 bits per heavy atom. The highest BCUT2D eigenvalue weighted by atomic mass is 32.2. The van der Waals surface area contributed by atoms with Crippen molar-refractivity contribution >= 4 is 28.6 Å². The van der Waals surface area contributed by atoms with Crippen molar-refractivity contribution in [1.82, 2.24) is 15.3 Å². The zero-order valence-electron chi connectivity index (χ0n) is 13.7. The maximum Gasteiger partial charge on any atom is 0.259 e. The fraction of sp³-hybridized carbons (Fsp3) is 0.167. The minimum atomic E-state index is -0.209. The van der Waals surface area contributed by atoms with Gasteiger partial charge in [-0.1, -0.05) is 30.0 Å². The molecule has 0 saturated carbocycles. The molecule has 3 aromatic rings. The van der Waals surface area contributed by atoms with Gasteiger partial charge in [-0.05, 0) is 29.8 Å². The molecule has 1 aliphatic heterocycles. The summed E-state index contributed by atoms with van der Waals surface area (Å²) in [5, 5.41) is 3.79. The summed E-state index contributed by atoms with van der Waals surface area (Å²) < 4.78 is 10.6. The number of fused-ring (bicyclic) bond motifs is 2. The second-order valence-electron chi connectivity index (χ2n) is 5.64. The highest BCUT2D eigenvalue weighted by molar-refractivity contribution is 7.99. The van der Waals surface area contributed by atoms with Gasteiger partial charge in [-0.2, -0.15) is 0 Å². The van der Waals surface area contributed by atoms with Gasteiger partial charge in [0.05, 0.1) is 16.7 Å². The average molecular weight is 369 g/mol. The molecule has 1 aromatic heterocycles. The van der Waals surface area contributed by atoms with E-state index in [4.69, 9.17) is 9.47 Å². The number of amides is 1. The van der Waals surface area contributed by atoms with Crippen LogP contribution in [0, 0.1) is 0 Å². The van der Waals surface area contributed by atoms with Crippen LogP contribution in [0.15, 0.2) is 52.4 Å². The molecule has 0 saturated heterocycles. The number of aromatic nitrogens is 2. The maximum atomic E-state index is 12.1. The van der Waals surface area contributed by atoms with Crippen LogP contribution in [0.1, 0.15) is 5.56 Å². The van der Waals surface area contributed by atoms with Crippen LogP contribution < -0.4 is 20.3 Å². The van der Waals surface area contributed by atoms with E-state index in [1.54, 1.807) is 18.2 Å². The normalized spacial score (nSPS) is 12.3. The number of hydrogen-bond acceptors (Lipinski definition) is 6. The molecular weight excluding hydrogens is 354 g/mol. The van der Waals surface area contributed by atoms with Gasteiger partial charge in [-0.15, -0.1) is 0 Å². The first-order chi connectivity index (χ1) is 12.7. The SMILES string of the molecule is O=C(CSc1nc2ccccc2c(=O)[nH]1)NCc1ccc2c(c1)OCO2. The van der Waals surface area contributed by atoms with E-state index in [2.05, 4.69) is 15.3 Å². The van der Waals surface area contributed by atoms with Gasteiger partial charge in [-0.3, -0.25) is 9.59 Å². The van der Waals surface area contributed by atoms with Gasteiger partial charge in [-0.25, -0.2) is 4.98 Å². The zero-order valence-corrected chi connectivity index (χ0v) is 14.5. The second kappa shape index (κ2) is 7.09. The lowest BCUT2D eigenvalue weighted by molar-refractivity contribution is -0.118. The fourth-order valence-electron chi connectivity index (χ4n) is 2.57. The van der Waals surface area contributed by atoms with Gasteiger partial charge in [0.15, 0.2) is 16.7 Å². The van der Waals surface area contributed by atoms with Crippen molar-refractivity contribution in [2.75, 3.05) is 12.5 Å². The minimum absolute atomic E-state index is 0.150. The lowest BCUT2D eigenvalue weighted by Gasteiger charge is -2.06. The Morgan fingerprint density at radius 1 is 1.19 bits per heavy atom. The number of nitrogens with zero attached hydrogens (tertiary/aromatic N) is 1. The summed E-state index contributed by atoms with van der Waals surface area (Å²) >= 11 is 1.19. The predicted molar refractivity (Wildman–Crippen MR) is 97.5 cm³/mol.